The summed E-state index contributed by atoms with van der Waals surface area (Å²) < 4.78 is 9.34. The highest BCUT2D eigenvalue weighted by Gasteiger charge is 2.33. The minimum absolute atomic E-state index is 0.253. The van der Waals surface area contributed by atoms with Crippen molar-refractivity contribution in [2.24, 2.45) is 28.2 Å². The van der Waals surface area contributed by atoms with E-state index in [1.165, 1.54) is 23.2 Å². The molecule has 1 aliphatic carbocycles. The molecule has 0 saturated carbocycles. The molecule has 1 aliphatic rings. The summed E-state index contributed by atoms with van der Waals surface area (Å²) in [6.07, 6.45) is 5.69. The van der Waals surface area contributed by atoms with E-state index in [4.69, 9.17) is 0 Å². The van der Waals surface area contributed by atoms with Crippen LogP contribution in [-0.4, -0.2) is 47.8 Å². The quantitative estimate of drug-likeness (QED) is 0.277. The zero-order valence-corrected chi connectivity index (χ0v) is 26.5. The summed E-state index contributed by atoms with van der Waals surface area (Å²) in [5.41, 5.74) is 3.83. The maximum absolute atomic E-state index is 13.8. The molecular weight excluding hydrogens is 576 g/mol. The first-order valence-electron chi connectivity index (χ1n) is 15.6. The number of hydrogen-bond donors (Lipinski definition) is 0. The van der Waals surface area contributed by atoms with Gasteiger partial charge in [-0.25, -0.2) is 9.59 Å². The van der Waals surface area contributed by atoms with Crippen LogP contribution in [0.1, 0.15) is 57.1 Å². The predicted molar refractivity (Wildman–Crippen MR) is 172 cm³/mol. The molecule has 6 aromatic rings. The van der Waals surface area contributed by atoms with Gasteiger partial charge in [0.25, 0.3) is 11.1 Å². The van der Waals surface area contributed by atoms with Crippen LogP contribution in [0.2, 0.25) is 0 Å². The van der Waals surface area contributed by atoms with Crippen molar-refractivity contribution in [3.05, 3.63) is 52.8 Å². The fraction of sp³-hybridized carbons (Fsp3) is 0.484. The molecule has 0 bridgehead atoms. The number of hydrogen-bond acceptors (Lipinski definition) is 8. The Labute approximate surface area is 256 Å². The average Bonchev–Trinajstić information content (AvgIpc) is 3.44. The van der Waals surface area contributed by atoms with Crippen molar-refractivity contribution in [2.45, 2.75) is 71.9 Å². The van der Waals surface area contributed by atoms with E-state index in [1.807, 2.05) is 0 Å². The Morgan fingerprint density at radius 2 is 0.911 bits per heavy atom. The van der Waals surface area contributed by atoms with Crippen LogP contribution in [0.15, 0.2) is 19.2 Å². The van der Waals surface area contributed by atoms with Crippen LogP contribution in [0, 0.1) is 0 Å². The molecule has 0 N–H and O–H groups in total. The topological polar surface area (TPSA) is 149 Å². The minimum atomic E-state index is -0.457. The van der Waals surface area contributed by atoms with Gasteiger partial charge in [-0.05, 0) is 43.2 Å². The summed E-state index contributed by atoms with van der Waals surface area (Å²) in [5.74, 6) is 0. The summed E-state index contributed by atoms with van der Waals surface area (Å²) in [7, 11) is 6.19. The van der Waals surface area contributed by atoms with Crippen LogP contribution in [-0.2, 0) is 54.1 Å². The Bertz CT molecular complexity index is 2300. The van der Waals surface area contributed by atoms with Gasteiger partial charge >= 0.3 is 11.4 Å². The van der Waals surface area contributed by atoms with Crippen molar-refractivity contribution in [3.63, 3.8) is 0 Å². The van der Waals surface area contributed by atoms with E-state index in [1.54, 1.807) is 14.1 Å². The Hall–Kier alpha value is -4.88. The molecule has 0 saturated heterocycles. The molecule has 0 amide bonds. The van der Waals surface area contributed by atoms with Gasteiger partial charge in [-0.1, -0.05) is 26.7 Å². The fourth-order valence-corrected chi connectivity index (χ4v) is 7.11. The maximum atomic E-state index is 13.8. The Kier molecular flexibility index (Phi) is 6.64. The van der Waals surface area contributed by atoms with Gasteiger partial charge in [0.2, 0.25) is 0 Å². The monoisotopic (exact) mass is 612 g/mol. The van der Waals surface area contributed by atoms with E-state index in [0.717, 1.165) is 74.5 Å². The molecule has 14 nitrogen and oxygen atoms in total. The van der Waals surface area contributed by atoms with E-state index in [-0.39, 0.29) is 11.3 Å². The first-order valence-corrected chi connectivity index (χ1v) is 15.6. The Balaban J connectivity index is 1.73. The average molecular weight is 613 g/mol. The molecule has 0 radical (unpaired) electrons. The van der Waals surface area contributed by atoms with Crippen LogP contribution in [0.4, 0.5) is 0 Å². The lowest BCUT2D eigenvalue weighted by Crippen LogP contribution is -2.37. The van der Waals surface area contributed by atoms with Crippen molar-refractivity contribution in [3.8, 4) is 11.4 Å². The molecule has 0 atom stereocenters. The van der Waals surface area contributed by atoms with Crippen molar-refractivity contribution in [1.82, 2.24) is 47.8 Å². The van der Waals surface area contributed by atoms with Crippen LogP contribution in [0.3, 0.4) is 0 Å². The zero-order valence-electron chi connectivity index (χ0n) is 26.5. The number of fused-ring (bicyclic) bond motifs is 11. The Morgan fingerprint density at radius 3 is 1.29 bits per heavy atom. The van der Waals surface area contributed by atoms with Gasteiger partial charge in [0.1, 0.15) is 0 Å². The Morgan fingerprint density at radius 1 is 0.533 bits per heavy atom. The zero-order chi connectivity index (χ0) is 31.9. The largest absolute Gasteiger partial charge is 0.332 e. The van der Waals surface area contributed by atoms with E-state index < -0.39 is 22.5 Å². The standard InChI is InChI=1S/C31H36N10O4/c1-7-9-14-40-22-16(18-20-24(32-34-26(18)40)36(3)30(44)38(5)28(20)42)12-11-13-17-19-21-25(37(4)31(45)39(6)29(21)43)33-35-27(19)41(23(17)22)15-10-8-2/h7-15H2,1-6H3. The summed E-state index contributed by atoms with van der Waals surface area (Å²) in [5, 5.41) is 20.4. The van der Waals surface area contributed by atoms with Gasteiger partial charge < -0.3 is 9.13 Å². The summed E-state index contributed by atoms with van der Waals surface area (Å²) in [6.45, 7) is 5.54. The van der Waals surface area contributed by atoms with Gasteiger partial charge in [0, 0.05) is 52.1 Å². The second-order valence-electron chi connectivity index (χ2n) is 12.1. The first-order chi connectivity index (χ1) is 21.6. The second-order valence-corrected chi connectivity index (χ2v) is 12.1. The SMILES string of the molecule is CCCCn1c2c(c3c4c(=O)n(C)c(=O)n(C)c4nnc31)CCCc1c-2n(CCCC)c2nnc3c(c(=O)n(C)c(=O)n3C)c12. The van der Waals surface area contributed by atoms with Crippen molar-refractivity contribution in [2.75, 3.05) is 0 Å². The lowest BCUT2D eigenvalue weighted by Gasteiger charge is -2.15. The van der Waals surface area contributed by atoms with Gasteiger partial charge in [-0.3, -0.25) is 27.9 Å². The molecule has 0 aromatic carbocycles. The van der Waals surface area contributed by atoms with Crippen LogP contribution >= 0.6 is 0 Å². The number of aryl methyl sites for hydroxylation is 6. The molecule has 0 fully saturated rings. The molecule has 0 unspecified atom stereocenters. The lowest BCUT2D eigenvalue weighted by atomic mass is 10.0. The third-order valence-corrected chi connectivity index (χ3v) is 9.47. The molecule has 6 heterocycles. The van der Waals surface area contributed by atoms with Gasteiger partial charge in [0.15, 0.2) is 22.6 Å². The normalized spacial score (nSPS) is 13.3. The predicted octanol–water partition coefficient (Wildman–Crippen LogP) is 2.03. The number of aromatic nitrogens is 10. The van der Waals surface area contributed by atoms with Crippen LogP contribution < -0.4 is 22.5 Å². The van der Waals surface area contributed by atoms with Crippen molar-refractivity contribution < 1.29 is 0 Å². The number of rotatable bonds is 6. The number of nitrogens with zero attached hydrogens (tertiary/aromatic N) is 10. The minimum Gasteiger partial charge on any atom is -0.322 e. The lowest BCUT2D eigenvalue weighted by molar-refractivity contribution is 0.627. The molecule has 45 heavy (non-hydrogen) atoms. The highest BCUT2D eigenvalue weighted by molar-refractivity contribution is 6.10. The summed E-state index contributed by atoms with van der Waals surface area (Å²) >= 11 is 0. The summed E-state index contributed by atoms with van der Waals surface area (Å²) in [6, 6.07) is 0. The number of unbranched alkanes of at least 4 members (excludes halogenated alkanes) is 2. The van der Waals surface area contributed by atoms with Crippen molar-refractivity contribution in [1.29, 1.82) is 0 Å². The molecule has 234 valence electrons. The van der Waals surface area contributed by atoms with Gasteiger partial charge in [0.05, 0.1) is 22.2 Å². The van der Waals surface area contributed by atoms with E-state index in [0.29, 0.717) is 48.0 Å². The van der Waals surface area contributed by atoms with Gasteiger partial charge in [-0.2, -0.15) is 0 Å². The molecule has 7 rings (SSSR count). The van der Waals surface area contributed by atoms with E-state index in [2.05, 4.69) is 43.4 Å². The van der Waals surface area contributed by atoms with Crippen molar-refractivity contribution >= 4 is 44.1 Å². The highest BCUT2D eigenvalue weighted by Crippen LogP contribution is 2.44. The van der Waals surface area contributed by atoms with Crippen LogP contribution in [0.25, 0.3) is 55.5 Å². The fourth-order valence-electron chi connectivity index (χ4n) is 7.11. The highest BCUT2D eigenvalue weighted by atomic mass is 16.2. The molecule has 14 heteroatoms. The molecule has 0 spiro atoms. The van der Waals surface area contributed by atoms with Gasteiger partial charge in [-0.15, -0.1) is 20.4 Å². The van der Waals surface area contributed by atoms with E-state index in [9.17, 15) is 19.2 Å². The first kappa shape index (κ1) is 28.9. The molecular formula is C31H36N10O4. The second kappa shape index (κ2) is 10.3. The third kappa shape index (κ3) is 3.80. The molecule has 0 aliphatic heterocycles. The molecule has 6 aromatic heterocycles. The smallest absolute Gasteiger partial charge is 0.322 e. The van der Waals surface area contributed by atoms with E-state index >= 15 is 0 Å². The maximum Gasteiger partial charge on any atom is 0.332 e. The summed E-state index contributed by atoms with van der Waals surface area (Å²) in [4.78, 5) is 53.2. The van der Waals surface area contributed by atoms with Crippen LogP contribution in [0.5, 0.6) is 0 Å². The third-order valence-electron chi connectivity index (χ3n) is 9.47.